The molecule has 1 aliphatic heterocycles. The maximum atomic E-state index is 5.95. The third kappa shape index (κ3) is 3.23. The van der Waals surface area contributed by atoms with Gasteiger partial charge in [0, 0.05) is 30.7 Å². The summed E-state index contributed by atoms with van der Waals surface area (Å²) < 4.78 is 5.76. The molecule has 0 aromatic heterocycles. The molecule has 1 aliphatic rings. The monoisotopic (exact) mass is 268 g/mol. The van der Waals surface area contributed by atoms with Crippen molar-refractivity contribution >= 4 is 11.6 Å². The van der Waals surface area contributed by atoms with E-state index in [4.69, 9.17) is 22.1 Å². The lowest BCUT2D eigenvalue weighted by molar-refractivity contribution is -0.0799. The van der Waals surface area contributed by atoms with Crippen molar-refractivity contribution in [1.82, 2.24) is 4.90 Å². The molecule has 3 atom stereocenters. The zero-order chi connectivity index (χ0) is 13.1. The van der Waals surface area contributed by atoms with Gasteiger partial charge < -0.3 is 10.5 Å². The van der Waals surface area contributed by atoms with Gasteiger partial charge in [0.05, 0.1) is 12.2 Å². The van der Waals surface area contributed by atoms with Gasteiger partial charge in [-0.3, -0.25) is 4.90 Å². The van der Waals surface area contributed by atoms with Crippen LogP contribution in [0.3, 0.4) is 0 Å². The van der Waals surface area contributed by atoms with Crippen LogP contribution in [0.4, 0.5) is 0 Å². The van der Waals surface area contributed by atoms with Crippen LogP contribution in [0.5, 0.6) is 0 Å². The predicted molar refractivity (Wildman–Crippen MR) is 74.8 cm³/mol. The minimum absolute atomic E-state index is 0.246. The van der Waals surface area contributed by atoms with Crippen molar-refractivity contribution in [2.24, 2.45) is 5.73 Å². The first kappa shape index (κ1) is 13.8. The summed E-state index contributed by atoms with van der Waals surface area (Å²) in [6, 6.07) is 8.21. The fourth-order valence-electron chi connectivity index (χ4n) is 2.65. The van der Waals surface area contributed by atoms with Crippen molar-refractivity contribution in [3.8, 4) is 0 Å². The molecule has 1 unspecified atom stereocenters. The minimum atomic E-state index is 0.246. The molecule has 0 radical (unpaired) electrons. The van der Waals surface area contributed by atoms with Crippen LogP contribution in [0, 0.1) is 0 Å². The lowest BCUT2D eigenvalue weighted by atomic mass is 10.0. The first-order valence-corrected chi connectivity index (χ1v) is 6.83. The first-order valence-electron chi connectivity index (χ1n) is 6.45. The average molecular weight is 269 g/mol. The van der Waals surface area contributed by atoms with Gasteiger partial charge in [-0.1, -0.05) is 23.7 Å². The topological polar surface area (TPSA) is 38.5 Å². The van der Waals surface area contributed by atoms with E-state index < -0.39 is 0 Å². The molecule has 0 amide bonds. The van der Waals surface area contributed by atoms with E-state index >= 15 is 0 Å². The van der Waals surface area contributed by atoms with Gasteiger partial charge in [-0.2, -0.15) is 0 Å². The van der Waals surface area contributed by atoms with Gasteiger partial charge in [0.1, 0.15) is 0 Å². The molecular weight excluding hydrogens is 248 g/mol. The quantitative estimate of drug-likeness (QED) is 0.915. The van der Waals surface area contributed by atoms with E-state index in [2.05, 4.69) is 30.9 Å². The zero-order valence-corrected chi connectivity index (χ0v) is 11.7. The number of nitrogens with zero attached hydrogens (tertiary/aromatic N) is 1. The summed E-state index contributed by atoms with van der Waals surface area (Å²) in [6.07, 6.45) is 0.519. The second kappa shape index (κ2) is 6.02. The van der Waals surface area contributed by atoms with Crippen LogP contribution in [-0.4, -0.2) is 36.7 Å². The number of benzene rings is 1. The third-order valence-corrected chi connectivity index (χ3v) is 3.62. The van der Waals surface area contributed by atoms with Crippen LogP contribution >= 0.6 is 11.6 Å². The normalized spacial score (nSPS) is 27.1. The van der Waals surface area contributed by atoms with Gasteiger partial charge >= 0.3 is 0 Å². The van der Waals surface area contributed by atoms with Gasteiger partial charge in [0.25, 0.3) is 0 Å². The van der Waals surface area contributed by atoms with Gasteiger partial charge in [0.2, 0.25) is 0 Å². The molecule has 0 spiro atoms. The highest BCUT2D eigenvalue weighted by Gasteiger charge is 2.27. The molecule has 18 heavy (non-hydrogen) atoms. The first-order chi connectivity index (χ1) is 8.60. The summed E-state index contributed by atoms with van der Waals surface area (Å²) in [6.45, 7) is 6.68. The summed E-state index contributed by atoms with van der Waals surface area (Å²) in [7, 11) is 0. The number of morpholine rings is 1. The van der Waals surface area contributed by atoms with Crippen LogP contribution in [0.1, 0.15) is 25.5 Å². The molecule has 1 aromatic rings. The van der Waals surface area contributed by atoms with Gasteiger partial charge in [-0.05, 0) is 31.5 Å². The Morgan fingerprint density at radius 3 is 2.33 bits per heavy atom. The number of ether oxygens (including phenoxy) is 1. The number of nitrogens with two attached hydrogens (primary N) is 1. The highest BCUT2D eigenvalue weighted by atomic mass is 35.5. The number of halogens is 1. The highest BCUT2D eigenvalue weighted by Crippen LogP contribution is 2.25. The molecular formula is C14H21ClN2O. The molecule has 1 fully saturated rings. The largest absolute Gasteiger partial charge is 0.373 e. The standard InChI is InChI=1S/C14H21ClN2O/c1-10-8-17(9-11(2)18-10)14(7-16)12-3-5-13(15)6-4-12/h3-6,10-11,14H,7-9,16H2,1-2H3/t10-,11+,14?. The molecule has 100 valence electrons. The van der Waals surface area contributed by atoms with Crippen LogP contribution in [0.15, 0.2) is 24.3 Å². The fourth-order valence-corrected chi connectivity index (χ4v) is 2.78. The Morgan fingerprint density at radius 2 is 1.83 bits per heavy atom. The highest BCUT2D eigenvalue weighted by molar-refractivity contribution is 6.30. The molecule has 0 bridgehead atoms. The smallest absolute Gasteiger partial charge is 0.0678 e. The molecule has 4 heteroatoms. The van der Waals surface area contributed by atoms with E-state index in [1.807, 2.05) is 12.1 Å². The Balaban J connectivity index is 2.14. The molecule has 0 saturated carbocycles. The van der Waals surface area contributed by atoms with E-state index in [1.54, 1.807) is 0 Å². The summed E-state index contributed by atoms with van der Waals surface area (Å²) >= 11 is 5.93. The van der Waals surface area contributed by atoms with Crippen LogP contribution < -0.4 is 5.73 Å². The van der Waals surface area contributed by atoms with Crippen LogP contribution in [0.25, 0.3) is 0 Å². The lowest BCUT2D eigenvalue weighted by Crippen LogP contribution is -2.48. The molecule has 1 aromatic carbocycles. The van der Waals surface area contributed by atoms with E-state index in [0.717, 1.165) is 18.1 Å². The van der Waals surface area contributed by atoms with Crippen molar-refractivity contribution in [2.45, 2.75) is 32.1 Å². The number of rotatable bonds is 3. The summed E-state index contributed by atoms with van der Waals surface area (Å²) in [5, 5.41) is 0.762. The van der Waals surface area contributed by atoms with Crippen LogP contribution in [-0.2, 0) is 4.74 Å². The van der Waals surface area contributed by atoms with Crippen LogP contribution in [0.2, 0.25) is 5.02 Å². The van der Waals surface area contributed by atoms with Crippen molar-refractivity contribution < 1.29 is 4.74 Å². The molecule has 1 saturated heterocycles. The Hall–Kier alpha value is -0.610. The Morgan fingerprint density at radius 1 is 1.28 bits per heavy atom. The van der Waals surface area contributed by atoms with E-state index in [1.165, 1.54) is 5.56 Å². The van der Waals surface area contributed by atoms with Gasteiger partial charge in [-0.15, -0.1) is 0 Å². The summed E-state index contributed by atoms with van der Waals surface area (Å²) in [5.74, 6) is 0. The van der Waals surface area contributed by atoms with Crippen molar-refractivity contribution in [3.63, 3.8) is 0 Å². The Labute approximate surface area is 114 Å². The number of hydrogen-bond acceptors (Lipinski definition) is 3. The maximum absolute atomic E-state index is 5.95. The average Bonchev–Trinajstić information content (AvgIpc) is 2.31. The Bertz CT molecular complexity index is 372. The van der Waals surface area contributed by atoms with Crippen molar-refractivity contribution in [1.29, 1.82) is 0 Å². The van der Waals surface area contributed by atoms with Gasteiger partial charge in [0.15, 0.2) is 0 Å². The predicted octanol–water partition coefficient (Wildman–Crippen LogP) is 2.45. The fraction of sp³-hybridized carbons (Fsp3) is 0.571. The lowest BCUT2D eigenvalue weighted by Gasteiger charge is -2.40. The molecule has 2 rings (SSSR count). The second-order valence-corrected chi connectivity index (χ2v) is 5.45. The summed E-state index contributed by atoms with van der Waals surface area (Å²) in [5.41, 5.74) is 7.17. The van der Waals surface area contributed by atoms with Crippen molar-refractivity contribution in [2.75, 3.05) is 19.6 Å². The maximum Gasteiger partial charge on any atom is 0.0678 e. The van der Waals surface area contributed by atoms with E-state index in [0.29, 0.717) is 6.54 Å². The molecule has 0 aliphatic carbocycles. The SMILES string of the molecule is C[C@@H]1CN(C(CN)c2ccc(Cl)cc2)C[C@H](C)O1. The van der Waals surface area contributed by atoms with Crippen molar-refractivity contribution in [3.05, 3.63) is 34.9 Å². The second-order valence-electron chi connectivity index (χ2n) is 5.01. The minimum Gasteiger partial charge on any atom is -0.373 e. The molecule has 2 N–H and O–H groups in total. The summed E-state index contributed by atoms with van der Waals surface area (Å²) in [4.78, 5) is 2.40. The number of hydrogen-bond donors (Lipinski definition) is 1. The molecule has 3 nitrogen and oxygen atoms in total. The Kier molecular flexibility index (Phi) is 4.62. The van der Waals surface area contributed by atoms with E-state index in [9.17, 15) is 0 Å². The molecule has 1 heterocycles. The zero-order valence-electron chi connectivity index (χ0n) is 11.0. The van der Waals surface area contributed by atoms with Gasteiger partial charge in [-0.25, -0.2) is 0 Å². The third-order valence-electron chi connectivity index (χ3n) is 3.37. The van der Waals surface area contributed by atoms with E-state index in [-0.39, 0.29) is 18.2 Å².